The van der Waals surface area contributed by atoms with E-state index in [1.807, 2.05) is 6.92 Å². The number of hydrogen-bond acceptors (Lipinski definition) is 2. The fourth-order valence-electron chi connectivity index (χ4n) is 1.67. The van der Waals surface area contributed by atoms with Gasteiger partial charge in [-0.25, -0.2) is 0 Å². The number of rotatable bonds is 2. The van der Waals surface area contributed by atoms with Crippen molar-refractivity contribution in [2.75, 3.05) is 13.1 Å². The minimum absolute atomic E-state index is 0.137. The van der Waals surface area contributed by atoms with E-state index in [-0.39, 0.29) is 6.04 Å². The number of carbonyl (C=O) groups is 1. The quantitative estimate of drug-likeness (QED) is 0.627. The average Bonchev–Trinajstić information content (AvgIpc) is 2.04. The molecule has 1 fully saturated rings. The first-order chi connectivity index (χ1) is 5.61. The molecule has 1 heterocycles. The molecule has 1 saturated heterocycles. The van der Waals surface area contributed by atoms with Crippen LogP contribution < -0.4 is 0 Å². The fraction of sp³-hybridized carbons (Fsp3) is 0.900. The third-order valence-corrected chi connectivity index (χ3v) is 2.95. The predicted molar refractivity (Wildman–Crippen MR) is 50.1 cm³/mol. The highest BCUT2D eigenvalue weighted by molar-refractivity contribution is 5.80. The van der Waals surface area contributed by atoms with Gasteiger partial charge in [0.25, 0.3) is 0 Å². The van der Waals surface area contributed by atoms with E-state index in [1.54, 1.807) is 6.92 Å². The first kappa shape index (κ1) is 9.72. The molecule has 1 aliphatic heterocycles. The second-order valence-electron chi connectivity index (χ2n) is 4.01. The number of ketones is 1. The molecule has 70 valence electrons. The monoisotopic (exact) mass is 169 g/mol. The van der Waals surface area contributed by atoms with Gasteiger partial charge in [0, 0.05) is 0 Å². The minimum atomic E-state index is 0.137. The van der Waals surface area contributed by atoms with Gasteiger partial charge >= 0.3 is 0 Å². The van der Waals surface area contributed by atoms with Crippen LogP contribution >= 0.6 is 0 Å². The van der Waals surface area contributed by atoms with Crippen LogP contribution in [0.5, 0.6) is 0 Å². The smallest absolute Gasteiger partial charge is 0.146 e. The lowest BCUT2D eigenvalue weighted by Gasteiger charge is -2.33. The Hall–Kier alpha value is -0.370. The number of hydrogen-bond donors (Lipinski definition) is 0. The lowest BCUT2D eigenvalue weighted by atomic mass is 9.97. The number of piperidine rings is 1. The zero-order valence-electron chi connectivity index (χ0n) is 8.34. The van der Waals surface area contributed by atoms with Crippen molar-refractivity contribution in [2.24, 2.45) is 5.92 Å². The van der Waals surface area contributed by atoms with Crippen LogP contribution in [0, 0.1) is 5.92 Å². The highest BCUT2D eigenvalue weighted by atomic mass is 16.1. The van der Waals surface area contributed by atoms with Crippen molar-refractivity contribution in [3.63, 3.8) is 0 Å². The molecule has 1 atom stereocenters. The van der Waals surface area contributed by atoms with Crippen molar-refractivity contribution in [1.29, 1.82) is 0 Å². The first-order valence-corrected chi connectivity index (χ1v) is 4.85. The molecule has 0 aromatic heterocycles. The van der Waals surface area contributed by atoms with Crippen LogP contribution in [0.4, 0.5) is 0 Å². The molecule has 0 aliphatic carbocycles. The summed E-state index contributed by atoms with van der Waals surface area (Å²) in [5.41, 5.74) is 0. The van der Waals surface area contributed by atoms with Gasteiger partial charge in [0.2, 0.25) is 0 Å². The Morgan fingerprint density at radius 3 is 2.33 bits per heavy atom. The summed E-state index contributed by atoms with van der Waals surface area (Å²) >= 11 is 0. The average molecular weight is 169 g/mol. The van der Waals surface area contributed by atoms with Gasteiger partial charge in [-0.3, -0.25) is 9.69 Å². The highest BCUT2D eigenvalue weighted by Gasteiger charge is 2.22. The van der Waals surface area contributed by atoms with Crippen LogP contribution in [0.25, 0.3) is 0 Å². The summed E-state index contributed by atoms with van der Waals surface area (Å²) in [6.07, 6.45) is 2.50. The third kappa shape index (κ3) is 2.31. The summed E-state index contributed by atoms with van der Waals surface area (Å²) in [5, 5.41) is 0. The van der Waals surface area contributed by atoms with Gasteiger partial charge in [-0.05, 0) is 45.7 Å². The first-order valence-electron chi connectivity index (χ1n) is 4.85. The van der Waals surface area contributed by atoms with E-state index in [0.29, 0.717) is 5.78 Å². The normalized spacial score (nSPS) is 23.9. The maximum absolute atomic E-state index is 11.1. The predicted octanol–water partition coefficient (Wildman–Crippen LogP) is 1.70. The maximum Gasteiger partial charge on any atom is 0.146 e. The van der Waals surface area contributed by atoms with Gasteiger partial charge in [0.1, 0.15) is 5.78 Å². The Morgan fingerprint density at radius 1 is 1.42 bits per heavy atom. The van der Waals surface area contributed by atoms with Crippen LogP contribution in [0.1, 0.15) is 33.6 Å². The molecule has 0 bridgehead atoms. The standard InChI is InChI=1S/C10H19NO/c1-8-4-6-11(7-5-8)9(2)10(3)12/h8-9H,4-7H2,1-3H3. The zero-order valence-corrected chi connectivity index (χ0v) is 8.34. The minimum Gasteiger partial charge on any atom is -0.298 e. The van der Waals surface area contributed by atoms with Crippen molar-refractivity contribution in [3.8, 4) is 0 Å². The van der Waals surface area contributed by atoms with Gasteiger partial charge < -0.3 is 0 Å². The molecular formula is C10H19NO. The highest BCUT2D eigenvalue weighted by Crippen LogP contribution is 2.17. The van der Waals surface area contributed by atoms with E-state index < -0.39 is 0 Å². The van der Waals surface area contributed by atoms with Gasteiger partial charge in [0.15, 0.2) is 0 Å². The molecule has 0 N–H and O–H groups in total. The molecule has 2 heteroatoms. The summed E-state index contributed by atoms with van der Waals surface area (Å²) in [7, 11) is 0. The number of likely N-dealkylation sites (tertiary alicyclic amines) is 1. The van der Waals surface area contributed by atoms with Gasteiger partial charge in [0.05, 0.1) is 6.04 Å². The van der Waals surface area contributed by atoms with Crippen LogP contribution in [-0.2, 0) is 4.79 Å². The summed E-state index contributed by atoms with van der Waals surface area (Å²) in [4.78, 5) is 13.4. The third-order valence-electron chi connectivity index (χ3n) is 2.95. The SMILES string of the molecule is CC(=O)C(C)N1CCC(C)CC1. The molecule has 1 aliphatic rings. The summed E-state index contributed by atoms with van der Waals surface area (Å²) in [6, 6.07) is 0.137. The van der Waals surface area contributed by atoms with E-state index in [0.717, 1.165) is 19.0 Å². The molecule has 1 unspecified atom stereocenters. The van der Waals surface area contributed by atoms with E-state index >= 15 is 0 Å². The largest absolute Gasteiger partial charge is 0.298 e. The van der Waals surface area contributed by atoms with Crippen molar-refractivity contribution >= 4 is 5.78 Å². The second kappa shape index (κ2) is 4.04. The number of nitrogens with zero attached hydrogens (tertiary/aromatic N) is 1. The van der Waals surface area contributed by atoms with Crippen molar-refractivity contribution in [1.82, 2.24) is 4.90 Å². The molecule has 0 spiro atoms. The Kier molecular flexibility index (Phi) is 3.27. The van der Waals surface area contributed by atoms with E-state index in [4.69, 9.17) is 0 Å². The second-order valence-corrected chi connectivity index (χ2v) is 4.01. The van der Waals surface area contributed by atoms with Crippen LogP contribution in [-0.4, -0.2) is 29.8 Å². The Labute approximate surface area is 74.9 Å². The van der Waals surface area contributed by atoms with E-state index in [1.165, 1.54) is 12.8 Å². The van der Waals surface area contributed by atoms with E-state index in [2.05, 4.69) is 11.8 Å². The molecule has 0 radical (unpaired) electrons. The lowest BCUT2D eigenvalue weighted by molar-refractivity contribution is -0.122. The van der Waals surface area contributed by atoms with Gasteiger partial charge in [-0.2, -0.15) is 0 Å². The van der Waals surface area contributed by atoms with Crippen molar-refractivity contribution in [2.45, 2.75) is 39.7 Å². The molecule has 0 amide bonds. The fourth-order valence-corrected chi connectivity index (χ4v) is 1.67. The number of carbonyl (C=O) groups excluding carboxylic acids is 1. The molecule has 0 aromatic carbocycles. The number of Topliss-reactive ketones (excluding diaryl/α,β-unsaturated/α-hetero) is 1. The Bertz CT molecular complexity index is 159. The van der Waals surface area contributed by atoms with Crippen LogP contribution in [0.3, 0.4) is 0 Å². The maximum atomic E-state index is 11.1. The molecule has 1 rings (SSSR count). The Balaban J connectivity index is 2.39. The van der Waals surface area contributed by atoms with Crippen molar-refractivity contribution in [3.05, 3.63) is 0 Å². The summed E-state index contributed by atoms with van der Waals surface area (Å²) in [5.74, 6) is 1.14. The molecule has 0 aromatic rings. The lowest BCUT2D eigenvalue weighted by Crippen LogP contribution is -2.42. The molecule has 0 saturated carbocycles. The van der Waals surface area contributed by atoms with Gasteiger partial charge in [-0.15, -0.1) is 0 Å². The molecule has 2 nitrogen and oxygen atoms in total. The van der Waals surface area contributed by atoms with Crippen LogP contribution in [0.15, 0.2) is 0 Å². The summed E-state index contributed by atoms with van der Waals surface area (Å²) in [6.45, 7) is 8.18. The molecular weight excluding hydrogens is 150 g/mol. The topological polar surface area (TPSA) is 20.3 Å². The Morgan fingerprint density at radius 2 is 1.92 bits per heavy atom. The molecule has 12 heavy (non-hydrogen) atoms. The van der Waals surface area contributed by atoms with Gasteiger partial charge in [-0.1, -0.05) is 6.92 Å². The van der Waals surface area contributed by atoms with Crippen LogP contribution in [0.2, 0.25) is 0 Å². The van der Waals surface area contributed by atoms with E-state index in [9.17, 15) is 4.79 Å². The zero-order chi connectivity index (χ0) is 9.14. The summed E-state index contributed by atoms with van der Waals surface area (Å²) < 4.78 is 0. The van der Waals surface area contributed by atoms with Crippen molar-refractivity contribution < 1.29 is 4.79 Å².